The van der Waals surface area contributed by atoms with Crippen molar-refractivity contribution in [2.24, 2.45) is 0 Å². The van der Waals surface area contributed by atoms with Crippen LogP contribution in [-0.4, -0.2) is 10.1 Å². The second-order valence-electron chi connectivity index (χ2n) is 4.90. The van der Waals surface area contributed by atoms with Crippen LogP contribution in [0.25, 0.3) is 10.9 Å². The van der Waals surface area contributed by atoms with E-state index in [9.17, 15) is 18.3 Å². The first-order valence-corrected chi connectivity index (χ1v) is 6.35. The van der Waals surface area contributed by atoms with Crippen molar-refractivity contribution in [3.8, 4) is 0 Å². The molecule has 0 radical (unpaired) electrons. The smallest absolute Gasteiger partial charge is 0.386 e. The zero-order valence-corrected chi connectivity index (χ0v) is 12.0. The highest BCUT2D eigenvalue weighted by Gasteiger charge is 2.35. The van der Waals surface area contributed by atoms with Gasteiger partial charge in [-0.3, -0.25) is 0 Å². The molecule has 0 atom stereocenters. The number of nitrogens with zero attached hydrogens (tertiary/aromatic N) is 1. The Morgan fingerprint density at radius 1 is 1.05 bits per heavy atom. The summed E-state index contributed by atoms with van der Waals surface area (Å²) in [5, 5.41) is 10.0. The Labute approximate surface area is 123 Å². The lowest BCUT2D eigenvalue weighted by Crippen LogP contribution is -2.17. The molecule has 0 aliphatic rings. The summed E-state index contributed by atoms with van der Waals surface area (Å²) in [5.74, 6) is 0. The quantitative estimate of drug-likeness (QED) is 0.765. The summed E-state index contributed by atoms with van der Waals surface area (Å²) in [6, 6.07) is 3.46. The Kier molecular flexibility index (Phi) is 3.65. The number of alkyl halides is 3. The monoisotopic (exact) mass is 323 g/mol. The van der Waals surface area contributed by atoms with Gasteiger partial charge in [-0.15, -0.1) is 0 Å². The van der Waals surface area contributed by atoms with Gasteiger partial charge in [0.2, 0.25) is 0 Å². The van der Waals surface area contributed by atoms with E-state index in [0.717, 1.165) is 6.07 Å². The van der Waals surface area contributed by atoms with Gasteiger partial charge in [0, 0.05) is 10.4 Å². The van der Waals surface area contributed by atoms with Crippen molar-refractivity contribution in [1.29, 1.82) is 0 Å². The van der Waals surface area contributed by atoms with Gasteiger partial charge >= 0.3 is 6.18 Å². The van der Waals surface area contributed by atoms with Gasteiger partial charge < -0.3 is 5.11 Å². The molecule has 20 heavy (non-hydrogen) atoms. The molecule has 0 amide bonds. The average Bonchev–Trinajstić information content (AvgIpc) is 2.25. The SMILES string of the molecule is CC(C)(O)c1cc(Cl)nc2c(C(F)(F)F)cc(Cl)cc12. The van der Waals surface area contributed by atoms with Crippen LogP contribution < -0.4 is 0 Å². The molecular formula is C13H10Cl2F3NO. The number of fused-ring (bicyclic) bond motifs is 1. The van der Waals surface area contributed by atoms with E-state index in [4.69, 9.17) is 23.2 Å². The van der Waals surface area contributed by atoms with E-state index in [2.05, 4.69) is 4.98 Å². The molecule has 0 saturated heterocycles. The van der Waals surface area contributed by atoms with Crippen molar-refractivity contribution in [2.45, 2.75) is 25.6 Å². The van der Waals surface area contributed by atoms with Crippen molar-refractivity contribution in [2.75, 3.05) is 0 Å². The van der Waals surface area contributed by atoms with Gasteiger partial charge in [0.25, 0.3) is 0 Å². The molecule has 0 aliphatic heterocycles. The maximum atomic E-state index is 13.1. The zero-order chi connectivity index (χ0) is 15.3. The third kappa shape index (κ3) is 2.85. The van der Waals surface area contributed by atoms with Crippen molar-refractivity contribution in [1.82, 2.24) is 4.98 Å². The molecule has 0 aliphatic carbocycles. The van der Waals surface area contributed by atoms with Crippen LogP contribution in [0.3, 0.4) is 0 Å². The van der Waals surface area contributed by atoms with Gasteiger partial charge in [-0.1, -0.05) is 23.2 Å². The number of benzene rings is 1. The average molecular weight is 324 g/mol. The first kappa shape index (κ1) is 15.4. The van der Waals surface area contributed by atoms with Crippen LogP contribution in [0.2, 0.25) is 10.2 Å². The van der Waals surface area contributed by atoms with Gasteiger partial charge in [-0.05, 0) is 37.6 Å². The predicted molar refractivity (Wildman–Crippen MR) is 72.0 cm³/mol. The Morgan fingerprint density at radius 3 is 2.15 bits per heavy atom. The van der Waals surface area contributed by atoms with Crippen molar-refractivity contribution in [3.63, 3.8) is 0 Å². The summed E-state index contributed by atoms with van der Waals surface area (Å²) in [4.78, 5) is 3.73. The predicted octanol–water partition coefficient (Wildman–Crippen LogP) is 4.79. The molecular weight excluding hydrogens is 314 g/mol. The zero-order valence-electron chi connectivity index (χ0n) is 10.5. The van der Waals surface area contributed by atoms with Crippen molar-refractivity contribution >= 4 is 34.1 Å². The lowest BCUT2D eigenvalue weighted by atomic mass is 9.93. The fraction of sp³-hybridized carbons (Fsp3) is 0.308. The first-order valence-electron chi connectivity index (χ1n) is 5.60. The standard InChI is InChI=1S/C13H10Cl2F3NO/c1-12(2,20)8-5-10(15)19-11-7(8)3-6(14)4-9(11)13(16,17)18/h3-5,20H,1-2H3. The maximum absolute atomic E-state index is 13.1. The Balaban J connectivity index is 2.97. The third-order valence-electron chi connectivity index (χ3n) is 2.81. The summed E-state index contributed by atoms with van der Waals surface area (Å²) in [7, 11) is 0. The number of hydrogen-bond acceptors (Lipinski definition) is 2. The van der Waals surface area contributed by atoms with Crippen LogP contribution in [0.4, 0.5) is 13.2 Å². The second kappa shape index (κ2) is 4.76. The van der Waals surface area contributed by atoms with E-state index in [1.54, 1.807) is 0 Å². The van der Waals surface area contributed by atoms with Gasteiger partial charge in [-0.2, -0.15) is 13.2 Å². The van der Waals surface area contributed by atoms with Crippen LogP contribution >= 0.6 is 23.2 Å². The van der Waals surface area contributed by atoms with Gasteiger partial charge in [0.15, 0.2) is 0 Å². The Morgan fingerprint density at radius 2 is 1.65 bits per heavy atom. The van der Waals surface area contributed by atoms with Crippen LogP contribution in [0.1, 0.15) is 25.0 Å². The largest absolute Gasteiger partial charge is 0.418 e. The Hall–Kier alpha value is -1.04. The van der Waals surface area contributed by atoms with Crippen molar-refractivity contribution < 1.29 is 18.3 Å². The number of aliphatic hydroxyl groups is 1. The van der Waals surface area contributed by atoms with E-state index >= 15 is 0 Å². The number of pyridine rings is 1. The van der Waals surface area contributed by atoms with Gasteiger partial charge in [0.1, 0.15) is 5.15 Å². The summed E-state index contributed by atoms with van der Waals surface area (Å²) in [5.41, 5.74) is -2.45. The van der Waals surface area contributed by atoms with Crippen LogP contribution in [0, 0.1) is 0 Å². The highest BCUT2D eigenvalue weighted by atomic mass is 35.5. The number of rotatable bonds is 1. The second-order valence-corrected chi connectivity index (χ2v) is 5.72. The highest BCUT2D eigenvalue weighted by molar-refractivity contribution is 6.32. The minimum absolute atomic E-state index is 0.0838. The lowest BCUT2D eigenvalue weighted by Gasteiger charge is -2.21. The third-order valence-corrected chi connectivity index (χ3v) is 3.22. The maximum Gasteiger partial charge on any atom is 0.418 e. The molecule has 7 heteroatoms. The normalized spacial score (nSPS) is 13.0. The molecule has 0 unspecified atom stereocenters. The molecule has 1 aromatic heterocycles. The van der Waals surface area contributed by atoms with E-state index in [1.807, 2.05) is 0 Å². The molecule has 2 nitrogen and oxygen atoms in total. The molecule has 0 saturated carbocycles. The molecule has 0 bridgehead atoms. The lowest BCUT2D eigenvalue weighted by molar-refractivity contribution is -0.136. The number of halogens is 5. The minimum atomic E-state index is -4.61. The fourth-order valence-corrected chi connectivity index (χ4v) is 2.40. The molecule has 2 aromatic rings. The first-order chi connectivity index (χ1) is 9.00. The topological polar surface area (TPSA) is 33.1 Å². The Bertz CT molecular complexity index is 619. The molecule has 1 heterocycles. The summed E-state index contributed by atoms with van der Waals surface area (Å²) in [6.07, 6.45) is -4.61. The summed E-state index contributed by atoms with van der Waals surface area (Å²) < 4.78 is 39.2. The number of aromatic nitrogens is 1. The van der Waals surface area contributed by atoms with E-state index in [-0.39, 0.29) is 26.6 Å². The number of hydrogen-bond donors (Lipinski definition) is 1. The van der Waals surface area contributed by atoms with Crippen LogP contribution in [-0.2, 0) is 11.8 Å². The molecule has 1 aromatic carbocycles. The van der Waals surface area contributed by atoms with E-state index < -0.39 is 17.3 Å². The minimum Gasteiger partial charge on any atom is -0.386 e. The molecule has 2 rings (SSSR count). The van der Waals surface area contributed by atoms with Crippen LogP contribution in [0.5, 0.6) is 0 Å². The van der Waals surface area contributed by atoms with Crippen molar-refractivity contribution in [3.05, 3.63) is 39.5 Å². The van der Waals surface area contributed by atoms with Crippen LogP contribution in [0.15, 0.2) is 18.2 Å². The van der Waals surface area contributed by atoms with E-state index in [0.29, 0.717) is 0 Å². The molecule has 1 N–H and O–H groups in total. The molecule has 0 spiro atoms. The fourth-order valence-electron chi connectivity index (χ4n) is 1.98. The molecule has 108 valence electrons. The van der Waals surface area contributed by atoms with E-state index in [1.165, 1.54) is 26.0 Å². The summed E-state index contributed by atoms with van der Waals surface area (Å²) in [6.45, 7) is 2.90. The van der Waals surface area contributed by atoms with Gasteiger partial charge in [0.05, 0.1) is 16.7 Å². The molecule has 0 fully saturated rings. The van der Waals surface area contributed by atoms with Gasteiger partial charge in [-0.25, -0.2) is 4.98 Å². The highest BCUT2D eigenvalue weighted by Crippen LogP contribution is 2.39. The summed E-state index contributed by atoms with van der Waals surface area (Å²) >= 11 is 11.5.